The van der Waals surface area contributed by atoms with Gasteiger partial charge in [0.1, 0.15) is 0 Å². The molecule has 10 rings (SSSR count). The van der Waals surface area contributed by atoms with Crippen molar-refractivity contribution in [1.82, 2.24) is 39.9 Å². The lowest BCUT2D eigenvalue weighted by Crippen LogP contribution is -2.13. The van der Waals surface area contributed by atoms with Crippen LogP contribution in [0.15, 0.2) is 61.7 Å². The van der Waals surface area contributed by atoms with Crippen LogP contribution in [0.4, 0.5) is 0 Å². The van der Waals surface area contributed by atoms with E-state index < -0.39 is 35.8 Å². The number of fused-ring (bicyclic) bond motifs is 16. The Balaban J connectivity index is 0.000000215. The summed E-state index contributed by atoms with van der Waals surface area (Å²) in [5, 5.41) is 30.5. The number of hydrogen-bond donors (Lipinski definition) is 7. The molecule has 7 N–H and O–H groups in total. The first-order chi connectivity index (χ1) is 43.3. The van der Waals surface area contributed by atoms with Crippen LogP contribution in [0.3, 0.4) is 0 Å². The summed E-state index contributed by atoms with van der Waals surface area (Å²) in [4.78, 5) is 109. The average Bonchev–Trinajstić information content (AvgIpc) is 1.62. The summed E-state index contributed by atoms with van der Waals surface area (Å²) in [6.07, 6.45) is 5.23. The van der Waals surface area contributed by atoms with Gasteiger partial charge in [-0.05, 0) is 148 Å². The number of aryl methyl sites for hydroxylation is 6. The van der Waals surface area contributed by atoms with Gasteiger partial charge in [0.15, 0.2) is 0 Å². The summed E-state index contributed by atoms with van der Waals surface area (Å²) in [5.41, 5.74) is 20.3. The zero-order valence-electron chi connectivity index (χ0n) is 53.8. The molecule has 6 aromatic heterocycles. The molecule has 0 saturated heterocycles. The van der Waals surface area contributed by atoms with Gasteiger partial charge in [-0.1, -0.05) is 53.0 Å². The van der Waals surface area contributed by atoms with Gasteiger partial charge in [0.25, 0.3) is 0 Å². The Hall–Kier alpha value is -9.98. The summed E-state index contributed by atoms with van der Waals surface area (Å²) in [5.74, 6) is -5.88. The molecular formula is C71H78N8O12. The molecule has 0 amide bonds. The van der Waals surface area contributed by atoms with Crippen LogP contribution in [0.2, 0.25) is 0 Å². The zero-order valence-corrected chi connectivity index (χ0v) is 53.8. The maximum atomic E-state index is 12.9. The predicted molar refractivity (Wildman–Crippen MR) is 351 cm³/mol. The standard InChI is InChI=1S/C36H40N4O6.C35H38N4O6/c1-9-21-17(3)25-14-27-19(5)23(11-12-31(41)45-7)34(39-27)24(13-32(42)46-8)35-33(36(43)44)20(6)28(40-35)16-30-22(10-2)18(4)26(38-30)15-29(21)37-25;1-8-20-16(3)24-13-26-18(5)22(10-11-30(40)41)33(38-26)23(12-31(42)45-7)34-32(35(43)44)19(6)27(39-34)15-29-21(9-2)17(4)25(37-29)14-28(20)36-24/h9,14-16,19,23,38,40H,1,10-13H2,2-8H3,(H,43,44);8,13-15,18,22,37,39H,1,9-12H2,2-7H3,(H,40,41)(H,43,44). The van der Waals surface area contributed by atoms with Crippen molar-refractivity contribution >= 4 is 102 Å². The van der Waals surface area contributed by atoms with E-state index in [-0.39, 0.29) is 78.0 Å². The molecule has 4 unspecified atom stereocenters. The normalized spacial score (nSPS) is 16.1. The van der Waals surface area contributed by atoms with E-state index in [1.807, 2.05) is 77.1 Å². The molecule has 20 heteroatoms. The van der Waals surface area contributed by atoms with Gasteiger partial charge in [-0.2, -0.15) is 0 Å². The number of H-pyrrole nitrogens is 4. The summed E-state index contributed by atoms with van der Waals surface area (Å²) in [6.45, 7) is 27.8. The van der Waals surface area contributed by atoms with Crippen molar-refractivity contribution < 1.29 is 58.3 Å². The number of nitrogens with one attached hydrogen (secondary N) is 4. The Morgan fingerprint density at radius 1 is 0.484 bits per heavy atom. The van der Waals surface area contributed by atoms with Gasteiger partial charge >= 0.3 is 35.8 Å². The third kappa shape index (κ3) is 12.4. The van der Waals surface area contributed by atoms with Crippen LogP contribution < -0.4 is 0 Å². The number of hydrogen-bond acceptors (Lipinski definition) is 13. The number of esters is 3. The highest BCUT2D eigenvalue weighted by atomic mass is 16.5. The van der Waals surface area contributed by atoms with E-state index >= 15 is 0 Å². The lowest BCUT2D eigenvalue weighted by atomic mass is 9.85. The molecule has 4 atom stereocenters. The van der Waals surface area contributed by atoms with E-state index in [2.05, 4.69) is 53.9 Å². The van der Waals surface area contributed by atoms with Crippen LogP contribution in [-0.4, -0.2) is 112 Å². The highest BCUT2D eigenvalue weighted by molar-refractivity contribution is 6.04. The lowest BCUT2D eigenvalue weighted by molar-refractivity contribution is -0.141. The van der Waals surface area contributed by atoms with Crippen LogP contribution in [-0.2, 0) is 59.1 Å². The van der Waals surface area contributed by atoms with E-state index in [4.69, 9.17) is 34.1 Å². The summed E-state index contributed by atoms with van der Waals surface area (Å²) < 4.78 is 15.1. The minimum absolute atomic E-state index is 0.0238. The van der Waals surface area contributed by atoms with Crippen molar-refractivity contribution in [1.29, 1.82) is 0 Å². The molecule has 0 spiro atoms. The largest absolute Gasteiger partial charge is 0.481 e. The van der Waals surface area contributed by atoms with Crippen molar-refractivity contribution in [2.45, 2.75) is 144 Å². The minimum atomic E-state index is -1.16. The zero-order chi connectivity index (χ0) is 66.2. The Bertz CT molecular complexity index is 4510. The highest BCUT2D eigenvalue weighted by Crippen LogP contribution is 2.46. The highest BCUT2D eigenvalue weighted by Gasteiger charge is 2.36. The summed E-state index contributed by atoms with van der Waals surface area (Å²) in [7, 11) is 3.91. The molecule has 20 nitrogen and oxygen atoms in total. The van der Waals surface area contributed by atoms with Crippen molar-refractivity contribution in [3.8, 4) is 0 Å². The number of aromatic amines is 4. The number of carbonyl (C=O) groups is 6. The molecule has 0 aromatic carbocycles. The number of rotatable bonds is 16. The number of carbonyl (C=O) groups excluding carboxylic acids is 3. The fourth-order valence-electron chi connectivity index (χ4n) is 13.3. The SMILES string of the molecule is C=CC1=C(C)c2cc3nc(c(CC(=O)OC)c4[nH]c(cc5[nH]c(cc1n2)c(C)c5CC)c(C)c4C(=O)O)C(CCC(=O)O)C3C.C=CC1=C(C)c2cc3nc(c(CC(=O)OC)c4[nH]c(cc5[nH]c(cc1n2)c(C)c5CC)c(C)c4C(=O)O)C(CCC(=O)OC)C3C. The van der Waals surface area contributed by atoms with Crippen LogP contribution in [0.1, 0.15) is 202 Å². The van der Waals surface area contributed by atoms with Crippen molar-refractivity contribution in [2.75, 3.05) is 21.3 Å². The van der Waals surface area contributed by atoms with Gasteiger partial charge < -0.3 is 49.5 Å². The van der Waals surface area contributed by atoms with Gasteiger partial charge in [-0.3, -0.25) is 29.1 Å². The molecule has 6 aromatic rings. The second-order valence-electron chi connectivity index (χ2n) is 23.5. The Labute approximate surface area is 526 Å². The minimum Gasteiger partial charge on any atom is -0.481 e. The number of carboxylic acid groups (broad SMARTS) is 3. The number of methoxy groups -OCH3 is 3. The van der Waals surface area contributed by atoms with E-state index in [1.54, 1.807) is 19.9 Å². The first-order valence-corrected chi connectivity index (χ1v) is 30.4. The van der Waals surface area contributed by atoms with Crippen molar-refractivity contribution in [3.05, 3.63) is 163 Å². The molecule has 91 heavy (non-hydrogen) atoms. The second kappa shape index (κ2) is 26.6. The maximum absolute atomic E-state index is 12.9. The van der Waals surface area contributed by atoms with Crippen LogP contribution in [0.5, 0.6) is 0 Å². The average molecular weight is 1240 g/mol. The van der Waals surface area contributed by atoms with E-state index in [1.165, 1.54) is 21.3 Å². The lowest BCUT2D eigenvalue weighted by Gasteiger charge is -2.17. The van der Waals surface area contributed by atoms with E-state index in [0.717, 1.165) is 96.5 Å². The smallest absolute Gasteiger partial charge is 0.338 e. The molecule has 4 aliphatic heterocycles. The number of aromatic carboxylic acids is 2. The van der Waals surface area contributed by atoms with Gasteiger partial charge in [-0.15, -0.1) is 0 Å². The van der Waals surface area contributed by atoms with E-state index in [0.29, 0.717) is 68.2 Å². The third-order valence-corrected chi connectivity index (χ3v) is 18.6. The van der Waals surface area contributed by atoms with Gasteiger partial charge in [0.2, 0.25) is 0 Å². The van der Waals surface area contributed by atoms with Crippen molar-refractivity contribution in [2.24, 2.45) is 0 Å². The third-order valence-electron chi connectivity index (χ3n) is 18.6. The maximum Gasteiger partial charge on any atom is 0.338 e. The number of ether oxygens (including phenoxy) is 3. The predicted octanol–water partition coefficient (Wildman–Crippen LogP) is 13.6. The Morgan fingerprint density at radius 2 is 0.857 bits per heavy atom. The second-order valence-corrected chi connectivity index (χ2v) is 23.5. The Kier molecular flexibility index (Phi) is 19.1. The van der Waals surface area contributed by atoms with E-state index in [9.17, 15) is 44.1 Å². The molecule has 4 aliphatic rings. The number of allylic oxidation sites excluding steroid dienone is 6. The number of nitrogens with zero attached hydrogens (tertiary/aromatic N) is 4. The number of carboxylic acids is 3. The van der Waals surface area contributed by atoms with Gasteiger partial charge in [-0.25, -0.2) is 19.6 Å². The van der Waals surface area contributed by atoms with Crippen LogP contribution in [0, 0.1) is 27.7 Å². The monoisotopic (exact) mass is 1230 g/mol. The molecule has 474 valence electrons. The van der Waals surface area contributed by atoms with Crippen LogP contribution in [0.25, 0.3) is 66.4 Å². The molecule has 16 bridgehead atoms. The first-order valence-electron chi connectivity index (χ1n) is 30.4. The first kappa shape index (κ1) is 65.5. The topological polar surface area (TPSA) is 306 Å². The molecule has 0 fully saturated rings. The Morgan fingerprint density at radius 3 is 1.20 bits per heavy atom. The molecule has 10 heterocycles. The summed E-state index contributed by atoms with van der Waals surface area (Å²) in [6, 6.07) is 11.7. The molecule has 0 radical (unpaired) electrons. The van der Waals surface area contributed by atoms with Crippen molar-refractivity contribution in [3.63, 3.8) is 0 Å². The molecule has 0 aliphatic carbocycles. The molecular weight excluding hydrogens is 1160 g/mol. The van der Waals surface area contributed by atoms with Crippen LogP contribution >= 0.6 is 0 Å². The molecule has 0 saturated carbocycles. The summed E-state index contributed by atoms with van der Waals surface area (Å²) >= 11 is 0. The number of aromatic nitrogens is 8. The number of aliphatic carboxylic acids is 1. The van der Waals surface area contributed by atoms with Gasteiger partial charge in [0.05, 0.1) is 90.5 Å². The fourth-order valence-corrected chi connectivity index (χ4v) is 13.3. The van der Waals surface area contributed by atoms with Gasteiger partial charge in [0, 0.05) is 103 Å². The quantitative estimate of drug-likeness (QED) is 0.0350. The fraction of sp³-hybridized carbons (Fsp3) is 0.352.